The van der Waals surface area contributed by atoms with E-state index < -0.39 is 0 Å². The summed E-state index contributed by atoms with van der Waals surface area (Å²) in [6.07, 6.45) is 3.73. The van der Waals surface area contributed by atoms with Gasteiger partial charge in [-0.15, -0.1) is 11.6 Å². The topological polar surface area (TPSA) is 12.0 Å². The van der Waals surface area contributed by atoms with Crippen LogP contribution in [-0.2, 0) is 6.54 Å². The zero-order valence-corrected chi connectivity index (χ0v) is 10.9. The first-order valence-electron chi connectivity index (χ1n) is 5.30. The normalized spacial score (nSPS) is 18.5. The van der Waals surface area contributed by atoms with Gasteiger partial charge >= 0.3 is 0 Å². The highest BCUT2D eigenvalue weighted by Gasteiger charge is 2.35. The molecule has 0 spiro atoms. The van der Waals surface area contributed by atoms with Crippen molar-refractivity contribution in [3.05, 3.63) is 34.3 Å². The third-order valence-electron chi connectivity index (χ3n) is 3.12. The van der Waals surface area contributed by atoms with Gasteiger partial charge in [0.25, 0.3) is 0 Å². The molecule has 2 rings (SSSR count). The maximum absolute atomic E-state index is 5.99. The predicted octanol–water partition coefficient (Wildman–Crippen LogP) is 3.70. The largest absolute Gasteiger partial charge is 0.306 e. The SMILES string of the molecule is ClCC1(NCc2cccc(Br)c2)CCC1. The van der Waals surface area contributed by atoms with Crippen molar-refractivity contribution in [1.29, 1.82) is 0 Å². The Morgan fingerprint density at radius 3 is 2.73 bits per heavy atom. The summed E-state index contributed by atoms with van der Waals surface area (Å²) in [5, 5.41) is 3.57. The molecule has 1 saturated carbocycles. The summed E-state index contributed by atoms with van der Waals surface area (Å²) in [5.41, 5.74) is 1.52. The van der Waals surface area contributed by atoms with Crippen LogP contribution in [0.1, 0.15) is 24.8 Å². The van der Waals surface area contributed by atoms with Gasteiger partial charge in [0.05, 0.1) is 0 Å². The second kappa shape index (κ2) is 4.86. The Kier molecular flexibility index (Phi) is 3.70. The zero-order valence-electron chi connectivity index (χ0n) is 8.60. The molecule has 82 valence electrons. The lowest BCUT2D eigenvalue weighted by Gasteiger charge is -2.41. The van der Waals surface area contributed by atoms with Gasteiger partial charge in [0.15, 0.2) is 0 Å². The van der Waals surface area contributed by atoms with Crippen molar-refractivity contribution in [1.82, 2.24) is 5.32 Å². The molecular weight excluding hydrogens is 273 g/mol. The van der Waals surface area contributed by atoms with E-state index in [9.17, 15) is 0 Å². The van der Waals surface area contributed by atoms with Gasteiger partial charge in [0.2, 0.25) is 0 Å². The number of benzene rings is 1. The minimum Gasteiger partial charge on any atom is -0.306 e. The molecule has 0 bridgehead atoms. The van der Waals surface area contributed by atoms with Gasteiger partial charge in [-0.1, -0.05) is 28.1 Å². The molecule has 0 saturated heterocycles. The summed E-state index contributed by atoms with van der Waals surface area (Å²) in [6.45, 7) is 0.909. The number of halogens is 2. The van der Waals surface area contributed by atoms with E-state index in [1.165, 1.54) is 24.8 Å². The van der Waals surface area contributed by atoms with Crippen molar-refractivity contribution in [2.24, 2.45) is 0 Å². The smallest absolute Gasteiger partial charge is 0.0406 e. The minimum atomic E-state index is 0.212. The average Bonchev–Trinajstić information content (AvgIpc) is 2.17. The van der Waals surface area contributed by atoms with Crippen LogP contribution in [0.4, 0.5) is 0 Å². The quantitative estimate of drug-likeness (QED) is 0.833. The van der Waals surface area contributed by atoms with Crippen LogP contribution in [0, 0.1) is 0 Å². The molecule has 1 aromatic carbocycles. The Morgan fingerprint density at radius 1 is 1.40 bits per heavy atom. The number of nitrogens with one attached hydrogen (secondary N) is 1. The average molecular weight is 289 g/mol. The lowest BCUT2D eigenvalue weighted by molar-refractivity contribution is 0.211. The van der Waals surface area contributed by atoms with Crippen LogP contribution in [-0.4, -0.2) is 11.4 Å². The number of hydrogen-bond acceptors (Lipinski definition) is 1. The molecule has 0 aliphatic heterocycles. The minimum absolute atomic E-state index is 0.212. The Morgan fingerprint density at radius 2 is 2.20 bits per heavy atom. The van der Waals surface area contributed by atoms with E-state index in [4.69, 9.17) is 11.6 Å². The molecule has 1 fully saturated rings. The summed E-state index contributed by atoms with van der Waals surface area (Å²) in [5.74, 6) is 0.723. The van der Waals surface area contributed by atoms with Crippen molar-refractivity contribution >= 4 is 27.5 Å². The maximum Gasteiger partial charge on any atom is 0.0406 e. The van der Waals surface area contributed by atoms with Gasteiger partial charge in [-0.2, -0.15) is 0 Å². The van der Waals surface area contributed by atoms with Crippen molar-refractivity contribution in [3.8, 4) is 0 Å². The van der Waals surface area contributed by atoms with Gasteiger partial charge in [0, 0.05) is 22.4 Å². The molecule has 0 heterocycles. The third kappa shape index (κ3) is 2.74. The van der Waals surface area contributed by atoms with Gasteiger partial charge in [-0.05, 0) is 37.0 Å². The molecular formula is C12H15BrClN. The van der Waals surface area contributed by atoms with Crippen LogP contribution in [0.15, 0.2) is 28.7 Å². The summed E-state index contributed by atoms with van der Waals surface area (Å²) >= 11 is 9.46. The van der Waals surface area contributed by atoms with E-state index in [0.29, 0.717) is 0 Å². The van der Waals surface area contributed by atoms with Crippen molar-refractivity contribution in [3.63, 3.8) is 0 Å². The lowest BCUT2D eigenvalue weighted by atomic mass is 9.78. The van der Waals surface area contributed by atoms with Gasteiger partial charge in [-0.25, -0.2) is 0 Å². The van der Waals surface area contributed by atoms with Crippen LogP contribution >= 0.6 is 27.5 Å². The highest BCUT2D eigenvalue weighted by molar-refractivity contribution is 9.10. The number of rotatable bonds is 4. The van der Waals surface area contributed by atoms with E-state index in [2.05, 4.69) is 39.4 Å². The summed E-state index contributed by atoms with van der Waals surface area (Å²) in [6, 6.07) is 8.39. The highest BCUT2D eigenvalue weighted by atomic mass is 79.9. The van der Waals surface area contributed by atoms with Crippen molar-refractivity contribution in [2.45, 2.75) is 31.3 Å². The van der Waals surface area contributed by atoms with Gasteiger partial charge in [-0.3, -0.25) is 0 Å². The highest BCUT2D eigenvalue weighted by Crippen LogP contribution is 2.33. The summed E-state index contributed by atoms with van der Waals surface area (Å²) in [7, 11) is 0. The van der Waals surface area contributed by atoms with Crippen LogP contribution in [0.2, 0.25) is 0 Å². The predicted molar refractivity (Wildman–Crippen MR) is 68.3 cm³/mol. The van der Waals surface area contributed by atoms with E-state index in [1.54, 1.807) is 0 Å². The van der Waals surface area contributed by atoms with Crippen molar-refractivity contribution < 1.29 is 0 Å². The van der Waals surface area contributed by atoms with Crippen LogP contribution < -0.4 is 5.32 Å². The molecule has 0 aromatic heterocycles. The first-order chi connectivity index (χ1) is 7.24. The summed E-state index contributed by atoms with van der Waals surface area (Å²) in [4.78, 5) is 0. The van der Waals surface area contributed by atoms with E-state index in [1.807, 2.05) is 6.07 Å². The second-order valence-corrected chi connectivity index (χ2v) is 5.43. The molecule has 1 aliphatic carbocycles. The fourth-order valence-corrected chi connectivity index (χ4v) is 2.71. The van der Waals surface area contributed by atoms with Crippen LogP contribution in [0.3, 0.4) is 0 Å². The van der Waals surface area contributed by atoms with Crippen molar-refractivity contribution in [2.75, 3.05) is 5.88 Å². The van der Waals surface area contributed by atoms with E-state index in [0.717, 1.165) is 16.9 Å². The van der Waals surface area contributed by atoms with Crippen LogP contribution in [0.25, 0.3) is 0 Å². The second-order valence-electron chi connectivity index (χ2n) is 4.25. The Labute approximate surface area is 104 Å². The zero-order chi connectivity index (χ0) is 10.7. The molecule has 0 amide bonds. The number of alkyl halides is 1. The molecule has 3 heteroatoms. The molecule has 1 aromatic rings. The van der Waals surface area contributed by atoms with Gasteiger partial charge < -0.3 is 5.32 Å². The molecule has 1 N–H and O–H groups in total. The third-order valence-corrected chi connectivity index (χ3v) is 4.13. The Bertz CT molecular complexity index is 331. The standard InChI is InChI=1S/C12H15BrClN/c13-11-4-1-3-10(7-11)8-15-12(9-14)5-2-6-12/h1,3-4,7,15H,2,5-6,8-9H2. The molecule has 15 heavy (non-hydrogen) atoms. The summed E-state index contributed by atoms with van der Waals surface area (Å²) < 4.78 is 1.13. The first-order valence-corrected chi connectivity index (χ1v) is 6.62. The molecule has 0 radical (unpaired) electrons. The fourth-order valence-electron chi connectivity index (χ4n) is 1.90. The van der Waals surface area contributed by atoms with Crippen LogP contribution in [0.5, 0.6) is 0 Å². The Hall–Kier alpha value is -0.0500. The van der Waals surface area contributed by atoms with E-state index >= 15 is 0 Å². The molecule has 1 aliphatic rings. The lowest BCUT2D eigenvalue weighted by Crippen LogP contribution is -2.52. The fraction of sp³-hybridized carbons (Fsp3) is 0.500. The number of hydrogen-bond donors (Lipinski definition) is 1. The molecule has 0 atom stereocenters. The van der Waals surface area contributed by atoms with E-state index in [-0.39, 0.29) is 5.54 Å². The first kappa shape index (κ1) is 11.4. The maximum atomic E-state index is 5.99. The Balaban J connectivity index is 1.92. The van der Waals surface area contributed by atoms with Gasteiger partial charge in [0.1, 0.15) is 0 Å². The molecule has 0 unspecified atom stereocenters. The molecule has 1 nitrogen and oxygen atoms in total. The monoisotopic (exact) mass is 287 g/mol.